The van der Waals surface area contributed by atoms with Crippen LogP contribution in [0.3, 0.4) is 0 Å². The molecule has 0 saturated heterocycles. The first-order valence-corrected chi connectivity index (χ1v) is 5.93. The molecule has 0 bridgehead atoms. The molecule has 1 aliphatic heterocycles. The Morgan fingerprint density at radius 1 is 1.35 bits per heavy atom. The van der Waals surface area contributed by atoms with Gasteiger partial charge in [-0.25, -0.2) is 0 Å². The van der Waals surface area contributed by atoms with Crippen molar-refractivity contribution in [1.82, 2.24) is 4.90 Å². The van der Waals surface area contributed by atoms with Crippen molar-refractivity contribution >= 4 is 11.6 Å². The predicted molar refractivity (Wildman–Crippen MR) is 69.4 cm³/mol. The van der Waals surface area contributed by atoms with Gasteiger partial charge in [-0.15, -0.1) is 0 Å². The molecule has 1 atom stereocenters. The summed E-state index contributed by atoms with van der Waals surface area (Å²) in [5, 5.41) is 9.90. The minimum atomic E-state index is 0.0417. The van der Waals surface area contributed by atoms with Gasteiger partial charge in [0.15, 0.2) is 0 Å². The molecule has 2 nitrogen and oxygen atoms in total. The number of hydrogen-bond donors (Lipinski definition) is 0. The molecule has 0 spiro atoms. The Labute approximate surface area is 106 Å². The van der Waals surface area contributed by atoms with E-state index >= 15 is 0 Å². The lowest BCUT2D eigenvalue weighted by Crippen LogP contribution is -2.15. The van der Waals surface area contributed by atoms with Crippen molar-refractivity contribution in [3.8, 4) is 6.07 Å². The van der Waals surface area contributed by atoms with E-state index in [0.717, 1.165) is 17.7 Å². The van der Waals surface area contributed by atoms with Gasteiger partial charge in [0.2, 0.25) is 0 Å². The molecule has 1 unspecified atom stereocenters. The van der Waals surface area contributed by atoms with Gasteiger partial charge in [-0.3, -0.25) is 0 Å². The monoisotopic (exact) mass is 244 g/mol. The van der Waals surface area contributed by atoms with Gasteiger partial charge in [-0.05, 0) is 24.6 Å². The van der Waals surface area contributed by atoms with Gasteiger partial charge in [0.1, 0.15) is 0 Å². The molecule has 0 N–H and O–H groups in total. The molecule has 1 aromatic rings. The van der Waals surface area contributed by atoms with Gasteiger partial charge in [0.25, 0.3) is 0 Å². The number of halogens is 1. The summed E-state index contributed by atoms with van der Waals surface area (Å²) in [6.07, 6.45) is 5.96. The third-order valence-corrected chi connectivity index (χ3v) is 3.09. The number of hydrogen-bond acceptors (Lipinski definition) is 2. The summed E-state index contributed by atoms with van der Waals surface area (Å²) < 4.78 is 0. The fourth-order valence-electron chi connectivity index (χ4n) is 1.86. The van der Waals surface area contributed by atoms with Crippen molar-refractivity contribution in [1.29, 1.82) is 5.26 Å². The van der Waals surface area contributed by atoms with E-state index in [1.54, 1.807) is 0 Å². The maximum Gasteiger partial charge on any atom is 0.0972 e. The van der Waals surface area contributed by atoms with Crippen LogP contribution in [-0.2, 0) is 0 Å². The average molecular weight is 245 g/mol. The van der Waals surface area contributed by atoms with Gasteiger partial charge in [-0.2, -0.15) is 5.26 Å². The molecule has 0 aliphatic carbocycles. The summed E-state index contributed by atoms with van der Waals surface area (Å²) >= 11 is 5.86. The van der Waals surface area contributed by atoms with Crippen LogP contribution in [0, 0.1) is 11.3 Å². The van der Waals surface area contributed by atoms with E-state index in [-0.39, 0.29) is 5.92 Å². The van der Waals surface area contributed by atoms with E-state index in [1.165, 1.54) is 0 Å². The summed E-state index contributed by atoms with van der Waals surface area (Å²) in [5.74, 6) is 0.0417. The van der Waals surface area contributed by atoms with Crippen molar-refractivity contribution < 1.29 is 0 Å². The Bertz CT molecular complexity index is 494. The highest BCUT2D eigenvalue weighted by molar-refractivity contribution is 6.30. The molecule has 2 rings (SSSR count). The van der Waals surface area contributed by atoms with Crippen molar-refractivity contribution in [3.63, 3.8) is 0 Å². The van der Waals surface area contributed by atoms with Crippen molar-refractivity contribution in [2.75, 3.05) is 6.54 Å². The van der Waals surface area contributed by atoms with Crippen LogP contribution in [0.5, 0.6) is 0 Å². The van der Waals surface area contributed by atoms with Gasteiger partial charge in [0, 0.05) is 29.9 Å². The number of benzene rings is 1. The van der Waals surface area contributed by atoms with Crippen LogP contribution >= 0.6 is 11.6 Å². The molecule has 0 amide bonds. The zero-order chi connectivity index (χ0) is 12.3. The SMILES string of the molecule is CCN1C=CC(c2ccc(Cl)cc2)C(C#N)=C1. The first-order valence-electron chi connectivity index (χ1n) is 5.56. The third kappa shape index (κ3) is 2.51. The van der Waals surface area contributed by atoms with Crippen LogP contribution in [0.4, 0.5) is 0 Å². The maximum absolute atomic E-state index is 9.19. The largest absolute Gasteiger partial charge is 0.354 e. The molecule has 3 heteroatoms. The summed E-state index contributed by atoms with van der Waals surface area (Å²) in [4.78, 5) is 2.00. The second-order valence-electron chi connectivity index (χ2n) is 3.90. The van der Waals surface area contributed by atoms with E-state index in [4.69, 9.17) is 11.6 Å². The third-order valence-electron chi connectivity index (χ3n) is 2.83. The van der Waals surface area contributed by atoms with E-state index in [9.17, 15) is 5.26 Å². The van der Waals surface area contributed by atoms with Crippen LogP contribution in [0.15, 0.2) is 48.3 Å². The Kier molecular flexibility index (Phi) is 3.51. The maximum atomic E-state index is 9.19. The molecule has 1 aliphatic rings. The standard InChI is InChI=1S/C14H13ClN2/c1-2-17-8-7-14(12(9-16)10-17)11-3-5-13(15)6-4-11/h3-8,10,14H,2H2,1H3. The Morgan fingerprint density at radius 2 is 2.06 bits per heavy atom. The van der Waals surface area contributed by atoms with Crippen molar-refractivity contribution in [3.05, 3.63) is 58.9 Å². The molecule has 0 fully saturated rings. The van der Waals surface area contributed by atoms with Crippen molar-refractivity contribution in [2.45, 2.75) is 12.8 Å². The molecule has 1 aromatic carbocycles. The van der Waals surface area contributed by atoms with Gasteiger partial charge in [-0.1, -0.05) is 29.8 Å². The van der Waals surface area contributed by atoms with E-state index in [2.05, 4.69) is 13.0 Å². The smallest absolute Gasteiger partial charge is 0.0972 e. The topological polar surface area (TPSA) is 27.0 Å². The fraction of sp³-hybridized carbons (Fsp3) is 0.214. The molecule has 0 radical (unpaired) electrons. The Hall–Kier alpha value is -1.72. The molecular formula is C14H13ClN2. The number of nitrogens with zero attached hydrogens (tertiary/aromatic N) is 2. The van der Waals surface area contributed by atoms with E-state index < -0.39 is 0 Å². The quantitative estimate of drug-likeness (QED) is 0.794. The Morgan fingerprint density at radius 3 is 2.65 bits per heavy atom. The summed E-state index contributed by atoms with van der Waals surface area (Å²) in [5.41, 5.74) is 1.85. The summed E-state index contributed by atoms with van der Waals surface area (Å²) in [6.45, 7) is 2.92. The molecule has 1 heterocycles. The lowest BCUT2D eigenvalue weighted by atomic mass is 9.91. The lowest BCUT2D eigenvalue weighted by Gasteiger charge is -2.23. The van der Waals surface area contributed by atoms with Crippen LogP contribution < -0.4 is 0 Å². The van der Waals surface area contributed by atoms with E-state index in [0.29, 0.717) is 5.02 Å². The van der Waals surface area contributed by atoms with Crippen molar-refractivity contribution in [2.24, 2.45) is 0 Å². The molecule has 86 valence electrons. The molecular weight excluding hydrogens is 232 g/mol. The predicted octanol–water partition coefficient (Wildman–Crippen LogP) is 3.68. The minimum Gasteiger partial charge on any atom is -0.354 e. The van der Waals surface area contributed by atoms with Gasteiger partial charge in [0.05, 0.1) is 11.6 Å². The first kappa shape index (κ1) is 11.8. The number of allylic oxidation sites excluding steroid dienone is 2. The highest BCUT2D eigenvalue weighted by Gasteiger charge is 2.17. The van der Waals surface area contributed by atoms with Gasteiger partial charge >= 0.3 is 0 Å². The second kappa shape index (κ2) is 5.07. The van der Waals surface area contributed by atoms with Crippen LogP contribution in [0.25, 0.3) is 0 Å². The average Bonchev–Trinajstić information content (AvgIpc) is 2.39. The normalized spacial score (nSPS) is 18.8. The van der Waals surface area contributed by atoms with Crippen LogP contribution in [0.1, 0.15) is 18.4 Å². The zero-order valence-electron chi connectivity index (χ0n) is 9.60. The lowest BCUT2D eigenvalue weighted by molar-refractivity contribution is 0.518. The number of rotatable bonds is 2. The highest BCUT2D eigenvalue weighted by Crippen LogP contribution is 2.29. The van der Waals surface area contributed by atoms with Gasteiger partial charge < -0.3 is 4.90 Å². The molecule has 17 heavy (non-hydrogen) atoms. The van der Waals surface area contributed by atoms with E-state index in [1.807, 2.05) is 47.6 Å². The molecule has 0 saturated carbocycles. The summed E-state index contributed by atoms with van der Waals surface area (Å²) in [7, 11) is 0. The van der Waals surface area contributed by atoms with Crippen LogP contribution in [0.2, 0.25) is 5.02 Å². The second-order valence-corrected chi connectivity index (χ2v) is 4.33. The van der Waals surface area contributed by atoms with Crippen LogP contribution in [-0.4, -0.2) is 11.4 Å². The zero-order valence-corrected chi connectivity index (χ0v) is 10.4. The summed E-state index contributed by atoms with van der Waals surface area (Å²) in [6, 6.07) is 9.90. The minimum absolute atomic E-state index is 0.0417. The number of nitriles is 1. The first-order chi connectivity index (χ1) is 8.24. The Balaban J connectivity index is 2.31. The fourth-order valence-corrected chi connectivity index (χ4v) is 1.98. The molecule has 0 aromatic heterocycles. The highest BCUT2D eigenvalue weighted by atomic mass is 35.5.